The first-order valence-corrected chi connectivity index (χ1v) is 8.56. The molecule has 1 fully saturated rings. The van der Waals surface area contributed by atoms with Crippen LogP contribution in [-0.2, 0) is 19.1 Å². The van der Waals surface area contributed by atoms with Gasteiger partial charge in [0.15, 0.2) is 5.78 Å². The Morgan fingerprint density at radius 1 is 1.08 bits per heavy atom. The van der Waals surface area contributed by atoms with Crippen molar-refractivity contribution in [3.63, 3.8) is 0 Å². The van der Waals surface area contributed by atoms with E-state index >= 15 is 0 Å². The standard InChI is InChI=1S/C20H22O5/c1-5-24-20(23)25-19-15-9-13(21)8-14(15)18(22)17(19)16-11(3)6-10(2)7-12(16)4/h6-7,14-15H,5,8-9H2,1-4H3. The Labute approximate surface area is 147 Å². The minimum Gasteiger partial charge on any atom is -0.434 e. The summed E-state index contributed by atoms with van der Waals surface area (Å²) in [5.74, 6) is -0.559. The Morgan fingerprint density at radius 3 is 2.28 bits per heavy atom. The van der Waals surface area contributed by atoms with Crippen LogP contribution in [0, 0.1) is 32.6 Å². The highest BCUT2D eigenvalue weighted by atomic mass is 16.7. The SMILES string of the molecule is CCOC(=O)OC1=C(c2c(C)cc(C)cc2C)C(=O)C2CC(=O)CC12. The van der Waals surface area contributed by atoms with E-state index in [2.05, 4.69) is 0 Å². The van der Waals surface area contributed by atoms with Crippen molar-refractivity contribution >= 4 is 23.3 Å². The number of fused-ring (bicyclic) bond motifs is 1. The average Bonchev–Trinajstić information content (AvgIpc) is 2.99. The normalized spacial score (nSPS) is 22.4. The second kappa shape index (κ2) is 6.47. The maximum absolute atomic E-state index is 13.0. The summed E-state index contributed by atoms with van der Waals surface area (Å²) in [5.41, 5.74) is 4.25. The van der Waals surface area contributed by atoms with E-state index in [0.29, 0.717) is 11.3 Å². The fourth-order valence-electron chi connectivity index (χ4n) is 4.09. The van der Waals surface area contributed by atoms with Crippen LogP contribution in [0.1, 0.15) is 42.0 Å². The summed E-state index contributed by atoms with van der Waals surface area (Å²) in [6, 6.07) is 4.01. The molecule has 0 amide bonds. The molecule has 3 rings (SSSR count). The summed E-state index contributed by atoms with van der Waals surface area (Å²) in [5, 5.41) is 0. The lowest BCUT2D eigenvalue weighted by atomic mass is 9.90. The number of hydrogen-bond acceptors (Lipinski definition) is 5. The van der Waals surface area contributed by atoms with E-state index in [1.54, 1.807) is 6.92 Å². The third kappa shape index (κ3) is 2.99. The van der Waals surface area contributed by atoms with E-state index in [9.17, 15) is 14.4 Å². The van der Waals surface area contributed by atoms with Crippen LogP contribution >= 0.6 is 0 Å². The highest BCUT2D eigenvalue weighted by Crippen LogP contribution is 2.48. The number of rotatable bonds is 3. The number of ketones is 2. The first-order chi connectivity index (χ1) is 11.8. The lowest BCUT2D eigenvalue weighted by Gasteiger charge is -2.15. The predicted octanol–water partition coefficient (Wildman–Crippen LogP) is 3.67. The molecule has 2 unspecified atom stereocenters. The number of carbonyl (C=O) groups is 3. The molecule has 1 aromatic carbocycles. The molecule has 5 nitrogen and oxygen atoms in total. The van der Waals surface area contributed by atoms with Crippen LogP contribution in [-0.4, -0.2) is 24.3 Å². The number of ether oxygens (including phenoxy) is 2. The molecule has 0 bridgehead atoms. The number of carbonyl (C=O) groups excluding carboxylic acids is 3. The van der Waals surface area contributed by atoms with Gasteiger partial charge in [-0.25, -0.2) is 4.79 Å². The second-order valence-corrected chi connectivity index (χ2v) is 6.82. The summed E-state index contributed by atoms with van der Waals surface area (Å²) < 4.78 is 10.3. The summed E-state index contributed by atoms with van der Waals surface area (Å²) in [6.45, 7) is 7.75. The molecule has 1 aromatic rings. The van der Waals surface area contributed by atoms with Crippen LogP contribution in [0.4, 0.5) is 4.79 Å². The molecule has 2 aliphatic rings. The van der Waals surface area contributed by atoms with Crippen molar-refractivity contribution in [3.05, 3.63) is 40.1 Å². The lowest BCUT2D eigenvalue weighted by Crippen LogP contribution is -2.14. The van der Waals surface area contributed by atoms with Gasteiger partial charge in [0.05, 0.1) is 12.2 Å². The van der Waals surface area contributed by atoms with Gasteiger partial charge in [-0.05, 0) is 44.4 Å². The zero-order valence-electron chi connectivity index (χ0n) is 15.0. The predicted molar refractivity (Wildman–Crippen MR) is 91.9 cm³/mol. The topological polar surface area (TPSA) is 69.7 Å². The van der Waals surface area contributed by atoms with Crippen molar-refractivity contribution < 1.29 is 23.9 Å². The maximum atomic E-state index is 13.0. The molecule has 25 heavy (non-hydrogen) atoms. The third-order valence-electron chi connectivity index (χ3n) is 4.93. The molecule has 2 atom stereocenters. The van der Waals surface area contributed by atoms with Crippen molar-refractivity contribution in [1.82, 2.24) is 0 Å². The fraction of sp³-hybridized carbons (Fsp3) is 0.450. The molecule has 0 aromatic heterocycles. The molecule has 1 saturated carbocycles. The number of aryl methyl sites for hydroxylation is 3. The molecule has 5 heteroatoms. The Bertz CT molecular complexity index is 779. The highest BCUT2D eigenvalue weighted by Gasteiger charge is 2.50. The average molecular weight is 342 g/mol. The molecule has 0 N–H and O–H groups in total. The molecule has 2 aliphatic carbocycles. The van der Waals surface area contributed by atoms with E-state index in [1.165, 1.54) is 0 Å². The summed E-state index contributed by atoms with van der Waals surface area (Å²) >= 11 is 0. The van der Waals surface area contributed by atoms with Crippen molar-refractivity contribution in [3.8, 4) is 0 Å². The van der Waals surface area contributed by atoms with Gasteiger partial charge >= 0.3 is 6.16 Å². The third-order valence-corrected chi connectivity index (χ3v) is 4.93. The van der Waals surface area contributed by atoms with Crippen molar-refractivity contribution in [2.45, 2.75) is 40.5 Å². The first-order valence-electron chi connectivity index (χ1n) is 8.56. The van der Waals surface area contributed by atoms with E-state index in [4.69, 9.17) is 9.47 Å². The van der Waals surface area contributed by atoms with Gasteiger partial charge < -0.3 is 9.47 Å². The Balaban J connectivity index is 2.14. The number of benzene rings is 1. The van der Waals surface area contributed by atoms with Crippen LogP contribution in [0.5, 0.6) is 0 Å². The molecule has 0 saturated heterocycles. The van der Waals surface area contributed by atoms with Crippen molar-refractivity contribution in [1.29, 1.82) is 0 Å². The van der Waals surface area contributed by atoms with Crippen LogP contribution in [0.2, 0.25) is 0 Å². The van der Waals surface area contributed by atoms with Gasteiger partial charge in [0.25, 0.3) is 0 Å². The number of hydrogen-bond donors (Lipinski definition) is 0. The first kappa shape index (κ1) is 17.4. The van der Waals surface area contributed by atoms with Gasteiger partial charge in [0.1, 0.15) is 11.5 Å². The smallest absolute Gasteiger partial charge is 0.434 e. The van der Waals surface area contributed by atoms with E-state index in [0.717, 1.165) is 22.3 Å². The Morgan fingerprint density at radius 2 is 1.68 bits per heavy atom. The zero-order valence-corrected chi connectivity index (χ0v) is 15.0. The minimum absolute atomic E-state index is 0.0321. The van der Waals surface area contributed by atoms with E-state index < -0.39 is 12.1 Å². The van der Waals surface area contributed by atoms with Gasteiger partial charge in [0, 0.05) is 24.7 Å². The molecule has 0 spiro atoms. The van der Waals surface area contributed by atoms with Gasteiger partial charge in [-0.15, -0.1) is 0 Å². The van der Waals surface area contributed by atoms with Crippen LogP contribution < -0.4 is 0 Å². The van der Waals surface area contributed by atoms with E-state index in [1.807, 2.05) is 32.9 Å². The maximum Gasteiger partial charge on any atom is 0.513 e. The monoisotopic (exact) mass is 342 g/mol. The van der Waals surface area contributed by atoms with Crippen LogP contribution in [0.25, 0.3) is 5.57 Å². The summed E-state index contributed by atoms with van der Waals surface area (Å²) in [4.78, 5) is 36.8. The summed E-state index contributed by atoms with van der Waals surface area (Å²) in [7, 11) is 0. The Hall–Kier alpha value is -2.43. The fourth-order valence-corrected chi connectivity index (χ4v) is 4.09. The lowest BCUT2D eigenvalue weighted by molar-refractivity contribution is -0.121. The van der Waals surface area contributed by atoms with Crippen LogP contribution in [0.15, 0.2) is 17.9 Å². The van der Waals surface area contributed by atoms with Crippen molar-refractivity contribution in [2.75, 3.05) is 6.61 Å². The number of allylic oxidation sites excluding steroid dienone is 2. The van der Waals surface area contributed by atoms with Crippen molar-refractivity contribution in [2.24, 2.45) is 11.8 Å². The highest BCUT2D eigenvalue weighted by molar-refractivity contribution is 6.27. The van der Waals surface area contributed by atoms with Gasteiger partial charge in [-0.3, -0.25) is 9.59 Å². The Kier molecular flexibility index (Phi) is 4.50. The van der Waals surface area contributed by atoms with Crippen LogP contribution in [0.3, 0.4) is 0 Å². The molecule has 132 valence electrons. The molecular formula is C20H22O5. The quantitative estimate of drug-likeness (QED) is 0.784. The second-order valence-electron chi connectivity index (χ2n) is 6.82. The molecule has 0 heterocycles. The van der Waals surface area contributed by atoms with Gasteiger partial charge in [-0.2, -0.15) is 0 Å². The molecular weight excluding hydrogens is 320 g/mol. The van der Waals surface area contributed by atoms with E-state index in [-0.39, 0.29) is 36.9 Å². The van der Waals surface area contributed by atoms with Gasteiger partial charge in [0.2, 0.25) is 0 Å². The largest absolute Gasteiger partial charge is 0.513 e. The minimum atomic E-state index is -0.829. The van der Waals surface area contributed by atoms with Gasteiger partial charge in [-0.1, -0.05) is 17.7 Å². The molecule has 0 aliphatic heterocycles. The summed E-state index contributed by atoms with van der Waals surface area (Å²) in [6.07, 6.45) is -0.379. The number of Topliss-reactive ketones (excluding diaryl/α,β-unsaturated/α-hetero) is 2. The molecule has 0 radical (unpaired) electrons. The zero-order chi connectivity index (χ0) is 18.3.